The van der Waals surface area contributed by atoms with Gasteiger partial charge in [-0.25, -0.2) is 0 Å². The topological polar surface area (TPSA) is 83.6 Å². The zero-order valence-electron chi connectivity index (χ0n) is 18.8. The van der Waals surface area contributed by atoms with Crippen molar-refractivity contribution in [3.63, 3.8) is 0 Å². The van der Waals surface area contributed by atoms with Crippen molar-refractivity contribution in [2.45, 2.75) is 0 Å². The third-order valence-electron chi connectivity index (χ3n) is 5.26. The van der Waals surface area contributed by atoms with Crippen molar-refractivity contribution < 1.29 is 19.7 Å². The molecule has 4 aromatic carbocycles. The van der Waals surface area contributed by atoms with Gasteiger partial charge in [-0.05, 0) is 24.3 Å². The standard InChI is InChI=1S/C28H24N2O4/c1-33-21-13-15-23(25(31)17-21)27(19-9-5-3-6-10-19)29-30-28(20-11-7-4-8-12-20)24-16-14-22(34-2)18-26(24)32/h3-18,31-32H,1-2H3/b29-27+,30-28+. The average molecular weight is 453 g/mol. The smallest absolute Gasteiger partial charge is 0.128 e. The summed E-state index contributed by atoms with van der Waals surface area (Å²) >= 11 is 0. The van der Waals surface area contributed by atoms with Crippen LogP contribution in [-0.4, -0.2) is 35.9 Å². The number of phenolic OH excluding ortho intramolecular Hbond substituents is 2. The summed E-state index contributed by atoms with van der Waals surface area (Å²) in [5.41, 5.74) is 3.50. The molecule has 0 amide bonds. The molecule has 0 saturated carbocycles. The van der Waals surface area contributed by atoms with Gasteiger partial charge in [-0.3, -0.25) is 0 Å². The number of hydrogen-bond donors (Lipinski definition) is 2. The second-order valence-corrected chi connectivity index (χ2v) is 7.40. The second-order valence-electron chi connectivity index (χ2n) is 7.40. The molecular weight excluding hydrogens is 428 g/mol. The Bertz CT molecular complexity index is 1230. The molecule has 0 aliphatic heterocycles. The number of hydrogen-bond acceptors (Lipinski definition) is 6. The van der Waals surface area contributed by atoms with Crippen LogP contribution < -0.4 is 9.47 Å². The van der Waals surface area contributed by atoms with E-state index < -0.39 is 0 Å². The molecule has 34 heavy (non-hydrogen) atoms. The minimum absolute atomic E-state index is 0.0192. The number of rotatable bonds is 7. The van der Waals surface area contributed by atoms with Crippen LogP contribution in [0, 0.1) is 0 Å². The highest BCUT2D eigenvalue weighted by atomic mass is 16.5. The summed E-state index contributed by atoms with van der Waals surface area (Å²) in [6.45, 7) is 0. The van der Waals surface area contributed by atoms with E-state index in [9.17, 15) is 10.2 Å². The van der Waals surface area contributed by atoms with Crippen molar-refractivity contribution in [1.82, 2.24) is 0 Å². The molecule has 170 valence electrons. The van der Waals surface area contributed by atoms with E-state index in [0.717, 1.165) is 11.1 Å². The molecule has 2 N–H and O–H groups in total. The molecule has 0 spiro atoms. The van der Waals surface area contributed by atoms with Crippen LogP contribution in [-0.2, 0) is 0 Å². The first-order valence-corrected chi connectivity index (χ1v) is 10.6. The first kappa shape index (κ1) is 22.6. The average Bonchev–Trinajstić information content (AvgIpc) is 2.88. The molecule has 0 fully saturated rings. The van der Waals surface area contributed by atoms with E-state index in [1.54, 1.807) is 38.5 Å². The van der Waals surface area contributed by atoms with Gasteiger partial charge in [0.1, 0.15) is 34.4 Å². The van der Waals surface area contributed by atoms with Crippen molar-refractivity contribution >= 4 is 11.4 Å². The number of aromatic hydroxyl groups is 2. The van der Waals surface area contributed by atoms with Crippen LogP contribution in [0.5, 0.6) is 23.0 Å². The SMILES string of the molecule is COc1ccc(/C(=N/N=C(\c2ccccc2)c2ccc(OC)cc2O)c2ccccc2)c(O)c1. The Kier molecular flexibility index (Phi) is 6.89. The molecule has 0 aliphatic rings. The maximum atomic E-state index is 10.7. The zero-order chi connectivity index (χ0) is 23.9. The molecule has 6 nitrogen and oxygen atoms in total. The first-order chi connectivity index (χ1) is 16.6. The Hall–Kier alpha value is -4.58. The van der Waals surface area contributed by atoms with Gasteiger partial charge in [0.2, 0.25) is 0 Å². The summed E-state index contributed by atoms with van der Waals surface area (Å²) in [5, 5.41) is 30.5. The van der Waals surface area contributed by atoms with E-state index in [1.807, 2.05) is 60.7 Å². The molecular formula is C28H24N2O4. The molecule has 0 aliphatic carbocycles. The van der Waals surface area contributed by atoms with Crippen LogP contribution in [0.3, 0.4) is 0 Å². The van der Waals surface area contributed by atoms with Crippen LogP contribution in [0.1, 0.15) is 22.3 Å². The van der Waals surface area contributed by atoms with Gasteiger partial charge >= 0.3 is 0 Å². The van der Waals surface area contributed by atoms with Crippen molar-refractivity contribution in [3.05, 3.63) is 119 Å². The predicted octanol–water partition coefficient (Wildman–Crippen LogP) is 5.41. The lowest BCUT2D eigenvalue weighted by Crippen LogP contribution is -2.07. The lowest BCUT2D eigenvalue weighted by molar-refractivity contribution is 0.407. The summed E-state index contributed by atoms with van der Waals surface area (Å²) in [6.07, 6.45) is 0. The van der Waals surface area contributed by atoms with Crippen molar-refractivity contribution in [2.24, 2.45) is 10.2 Å². The van der Waals surface area contributed by atoms with E-state index >= 15 is 0 Å². The van der Waals surface area contributed by atoms with Gasteiger partial charge in [-0.1, -0.05) is 60.7 Å². The third kappa shape index (κ3) is 4.91. The van der Waals surface area contributed by atoms with E-state index in [1.165, 1.54) is 12.1 Å². The monoisotopic (exact) mass is 452 g/mol. The molecule has 0 radical (unpaired) electrons. The van der Waals surface area contributed by atoms with Crippen LogP contribution in [0.25, 0.3) is 0 Å². The fourth-order valence-corrected chi connectivity index (χ4v) is 3.50. The minimum Gasteiger partial charge on any atom is -0.507 e. The Morgan fingerprint density at radius 3 is 1.26 bits per heavy atom. The predicted molar refractivity (Wildman–Crippen MR) is 133 cm³/mol. The molecule has 4 aromatic rings. The van der Waals surface area contributed by atoms with Gasteiger partial charge in [-0.15, -0.1) is 10.2 Å². The van der Waals surface area contributed by atoms with Gasteiger partial charge in [0.25, 0.3) is 0 Å². The first-order valence-electron chi connectivity index (χ1n) is 10.6. The number of ether oxygens (including phenoxy) is 2. The fraction of sp³-hybridized carbons (Fsp3) is 0.0714. The van der Waals surface area contributed by atoms with E-state index in [0.29, 0.717) is 34.0 Å². The number of methoxy groups -OCH3 is 2. The zero-order valence-corrected chi connectivity index (χ0v) is 18.8. The highest BCUT2D eigenvalue weighted by Gasteiger charge is 2.16. The van der Waals surface area contributed by atoms with Crippen LogP contribution in [0.15, 0.2) is 107 Å². The van der Waals surface area contributed by atoms with Crippen molar-refractivity contribution in [3.8, 4) is 23.0 Å². The van der Waals surface area contributed by atoms with Crippen LogP contribution >= 0.6 is 0 Å². The molecule has 0 saturated heterocycles. The van der Waals surface area contributed by atoms with Crippen molar-refractivity contribution in [2.75, 3.05) is 14.2 Å². The summed E-state index contributed by atoms with van der Waals surface area (Å²) in [5.74, 6) is 1.10. The van der Waals surface area contributed by atoms with Gasteiger partial charge in [0.15, 0.2) is 0 Å². The Labute approximate surface area is 198 Å². The highest BCUT2D eigenvalue weighted by molar-refractivity contribution is 6.17. The van der Waals surface area contributed by atoms with E-state index in [2.05, 4.69) is 10.2 Å². The molecule has 0 atom stereocenters. The fourth-order valence-electron chi connectivity index (χ4n) is 3.50. The molecule has 0 bridgehead atoms. The summed E-state index contributed by atoms with van der Waals surface area (Å²) in [4.78, 5) is 0. The van der Waals surface area contributed by atoms with Gasteiger partial charge in [0.05, 0.1) is 14.2 Å². The van der Waals surface area contributed by atoms with Gasteiger partial charge in [-0.2, -0.15) is 0 Å². The van der Waals surface area contributed by atoms with Crippen LogP contribution in [0.4, 0.5) is 0 Å². The summed E-state index contributed by atoms with van der Waals surface area (Å²) < 4.78 is 10.4. The third-order valence-corrected chi connectivity index (χ3v) is 5.26. The normalized spacial score (nSPS) is 11.8. The lowest BCUT2D eigenvalue weighted by Gasteiger charge is -2.12. The second kappa shape index (κ2) is 10.4. The van der Waals surface area contributed by atoms with Gasteiger partial charge in [0, 0.05) is 34.4 Å². The Balaban J connectivity index is 1.92. The molecule has 6 heteroatoms. The highest BCUT2D eigenvalue weighted by Crippen LogP contribution is 2.28. The van der Waals surface area contributed by atoms with Crippen LogP contribution in [0.2, 0.25) is 0 Å². The Morgan fingerprint density at radius 1 is 0.559 bits per heavy atom. The molecule has 0 heterocycles. The number of phenols is 2. The summed E-state index contributed by atoms with van der Waals surface area (Å²) in [7, 11) is 3.08. The molecule has 0 aromatic heterocycles. The van der Waals surface area contributed by atoms with E-state index in [-0.39, 0.29) is 11.5 Å². The largest absolute Gasteiger partial charge is 0.507 e. The van der Waals surface area contributed by atoms with E-state index in [4.69, 9.17) is 9.47 Å². The van der Waals surface area contributed by atoms with Crippen molar-refractivity contribution in [1.29, 1.82) is 0 Å². The maximum Gasteiger partial charge on any atom is 0.128 e. The maximum absolute atomic E-state index is 10.7. The number of nitrogens with zero attached hydrogens (tertiary/aromatic N) is 2. The Morgan fingerprint density at radius 2 is 0.941 bits per heavy atom. The lowest BCUT2D eigenvalue weighted by atomic mass is 10.0. The summed E-state index contributed by atoms with van der Waals surface area (Å²) in [6, 6.07) is 29.0. The number of benzene rings is 4. The minimum atomic E-state index is 0.0192. The molecule has 0 unspecified atom stereocenters. The quantitative estimate of drug-likeness (QED) is 0.290. The van der Waals surface area contributed by atoms with Gasteiger partial charge < -0.3 is 19.7 Å². The molecule has 4 rings (SSSR count).